The summed E-state index contributed by atoms with van der Waals surface area (Å²) < 4.78 is 5.76. The fraction of sp³-hybridized carbons (Fsp3) is 0.438. The minimum atomic E-state index is -0.762. The average Bonchev–Trinajstić information content (AvgIpc) is 2.79. The fourth-order valence-electron chi connectivity index (χ4n) is 3.32. The molecule has 1 N–H and O–H groups in total. The van der Waals surface area contributed by atoms with Crippen LogP contribution in [0, 0.1) is 6.92 Å². The highest BCUT2D eigenvalue weighted by atomic mass is 16.4. The van der Waals surface area contributed by atoms with Gasteiger partial charge in [0.2, 0.25) is 0 Å². The topological polar surface area (TPSA) is 50.4 Å². The Kier molecular flexibility index (Phi) is 2.85. The molecular weight excluding hydrogens is 240 g/mol. The monoisotopic (exact) mass is 258 g/mol. The minimum absolute atomic E-state index is 0.710. The van der Waals surface area contributed by atoms with Gasteiger partial charge in [-0.3, -0.25) is 4.79 Å². The van der Waals surface area contributed by atoms with Crippen molar-refractivity contribution in [2.45, 2.75) is 44.4 Å². The Morgan fingerprint density at radius 2 is 2.00 bits per heavy atom. The van der Waals surface area contributed by atoms with Gasteiger partial charge in [-0.25, -0.2) is 0 Å². The minimum Gasteiger partial charge on any atom is -0.481 e. The molecular formula is C16H18O3. The summed E-state index contributed by atoms with van der Waals surface area (Å²) in [7, 11) is 0. The normalized spacial score (nSPS) is 18.6. The van der Waals surface area contributed by atoms with Crippen LogP contribution in [0.5, 0.6) is 0 Å². The van der Waals surface area contributed by atoms with Crippen LogP contribution in [0.25, 0.3) is 11.0 Å². The number of rotatable bonds is 2. The molecule has 0 atom stereocenters. The van der Waals surface area contributed by atoms with Crippen LogP contribution >= 0.6 is 0 Å². The van der Waals surface area contributed by atoms with Crippen molar-refractivity contribution in [1.29, 1.82) is 0 Å². The van der Waals surface area contributed by atoms with Gasteiger partial charge in [0, 0.05) is 10.9 Å². The maximum Gasteiger partial charge on any atom is 0.314 e. The number of aryl methyl sites for hydroxylation is 1. The highest BCUT2D eigenvalue weighted by Crippen LogP contribution is 2.43. The van der Waals surface area contributed by atoms with E-state index in [4.69, 9.17) is 4.42 Å². The van der Waals surface area contributed by atoms with E-state index in [0.29, 0.717) is 12.8 Å². The van der Waals surface area contributed by atoms with E-state index in [2.05, 4.69) is 0 Å². The molecule has 3 nitrogen and oxygen atoms in total. The standard InChI is InChI=1S/C16H18O3/c1-11-10-12-6-5-7-13(14(12)19-11)16(15(17)18)8-3-2-4-9-16/h5-7,10H,2-4,8-9H2,1H3,(H,17,18). The Morgan fingerprint density at radius 1 is 1.26 bits per heavy atom. The van der Waals surface area contributed by atoms with Crippen molar-refractivity contribution < 1.29 is 14.3 Å². The first-order chi connectivity index (χ1) is 9.13. The highest BCUT2D eigenvalue weighted by molar-refractivity contribution is 5.90. The van der Waals surface area contributed by atoms with Crippen molar-refractivity contribution >= 4 is 16.9 Å². The second kappa shape index (κ2) is 4.41. The number of hydrogen-bond acceptors (Lipinski definition) is 2. The molecule has 1 aliphatic rings. The highest BCUT2D eigenvalue weighted by Gasteiger charge is 2.43. The number of carbonyl (C=O) groups is 1. The third-order valence-corrected chi connectivity index (χ3v) is 4.30. The van der Waals surface area contributed by atoms with E-state index in [-0.39, 0.29) is 0 Å². The Morgan fingerprint density at radius 3 is 2.68 bits per heavy atom. The molecule has 1 aromatic heterocycles. The predicted molar refractivity (Wildman–Crippen MR) is 73.3 cm³/mol. The van der Waals surface area contributed by atoms with Crippen LogP contribution in [0.1, 0.15) is 43.4 Å². The molecule has 1 saturated carbocycles. The largest absolute Gasteiger partial charge is 0.481 e. The molecule has 3 rings (SSSR count). The molecule has 1 aromatic carbocycles. The molecule has 1 fully saturated rings. The number of carboxylic acids is 1. The molecule has 2 aromatic rings. The van der Waals surface area contributed by atoms with Crippen molar-refractivity contribution in [3.8, 4) is 0 Å². The van der Waals surface area contributed by atoms with Gasteiger partial charge in [0.15, 0.2) is 0 Å². The maximum atomic E-state index is 11.9. The Labute approximate surface area is 112 Å². The molecule has 0 bridgehead atoms. The summed E-state index contributed by atoms with van der Waals surface area (Å²) in [6.45, 7) is 1.90. The molecule has 0 unspecified atom stereocenters. The maximum absolute atomic E-state index is 11.9. The summed E-state index contributed by atoms with van der Waals surface area (Å²) in [5.74, 6) is 0.118. The quantitative estimate of drug-likeness (QED) is 0.884. The zero-order valence-electron chi connectivity index (χ0n) is 11.1. The smallest absolute Gasteiger partial charge is 0.314 e. The summed E-state index contributed by atoms with van der Waals surface area (Å²) in [6, 6.07) is 7.81. The van der Waals surface area contributed by atoms with E-state index in [9.17, 15) is 9.90 Å². The molecule has 3 heteroatoms. The average molecular weight is 258 g/mol. The lowest BCUT2D eigenvalue weighted by atomic mass is 9.69. The zero-order valence-corrected chi connectivity index (χ0v) is 11.1. The van der Waals surface area contributed by atoms with Crippen LogP contribution in [0.15, 0.2) is 28.7 Å². The molecule has 0 amide bonds. The van der Waals surface area contributed by atoms with E-state index < -0.39 is 11.4 Å². The second-order valence-electron chi connectivity index (χ2n) is 5.53. The lowest BCUT2D eigenvalue weighted by Crippen LogP contribution is -2.37. The van der Waals surface area contributed by atoms with E-state index >= 15 is 0 Å². The summed E-state index contributed by atoms with van der Waals surface area (Å²) >= 11 is 0. The number of hydrogen-bond donors (Lipinski definition) is 1. The van der Waals surface area contributed by atoms with Crippen molar-refractivity contribution in [3.05, 3.63) is 35.6 Å². The molecule has 1 aliphatic carbocycles. The zero-order chi connectivity index (χ0) is 13.5. The SMILES string of the molecule is Cc1cc2cccc(C3(C(=O)O)CCCCC3)c2o1. The van der Waals surface area contributed by atoms with E-state index in [0.717, 1.165) is 41.6 Å². The van der Waals surface area contributed by atoms with Gasteiger partial charge < -0.3 is 9.52 Å². The van der Waals surface area contributed by atoms with Crippen molar-refractivity contribution in [3.63, 3.8) is 0 Å². The number of furan rings is 1. The van der Waals surface area contributed by atoms with Gasteiger partial charge in [0.05, 0.1) is 5.41 Å². The first kappa shape index (κ1) is 12.3. The van der Waals surface area contributed by atoms with Crippen molar-refractivity contribution in [2.75, 3.05) is 0 Å². The number of fused-ring (bicyclic) bond motifs is 1. The second-order valence-corrected chi connectivity index (χ2v) is 5.53. The summed E-state index contributed by atoms with van der Waals surface area (Å²) in [5, 5.41) is 10.8. The van der Waals surface area contributed by atoms with Gasteiger partial charge >= 0.3 is 5.97 Å². The van der Waals surface area contributed by atoms with Crippen LogP contribution in [0.3, 0.4) is 0 Å². The van der Waals surface area contributed by atoms with Gasteiger partial charge in [-0.2, -0.15) is 0 Å². The third kappa shape index (κ3) is 1.84. The molecule has 19 heavy (non-hydrogen) atoms. The van der Waals surface area contributed by atoms with Crippen LogP contribution in [0.2, 0.25) is 0 Å². The lowest BCUT2D eigenvalue weighted by Gasteiger charge is -2.33. The molecule has 0 radical (unpaired) electrons. The summed E-state index contributed by atoms with van der Waals surface area (Å²) in [4.78, 5) is 11.9. The number of carboxylic acid groups (broad SMARTS) is 1. The number of benzene rings is 1. The Bertz CT molecular complexity index is 618. The fourth-order valence-corrected chi connectivity index (χ4v) is 3.32. The van der Waals surface area contributed by atoms with Crippen molar-refractivity contribution in [2.24, 2.45) is 0 Å². The molecule has 100 valence electrons. The molecule has 1 heterocycles. The number of para-hydroxylation sites is 1. The Balaban J connectivity index is 2.22. The van der Waals surface area contributed by atoms with Gasteiger partial charge in [-0.15, -0.1) is 0 Å². The van der Waals surface area contributed by atoms with Crippen molar-refractivity contribution in [1.82, 2.24) is 0 Å². The third-order valence-electron chi connectivity index (χ3n) is 4.30. The van der Waals surface area contributed by atoms with E-state index in [1.165, 1.54) is 0 Å². The molecule has 0 spiro atoms. The number of aliphatic carboxylic acids is 1. The van der Waals surface area contributed by atoms with Crippen LogP contribution in [-0.4, -0.2) is 11.1 Å². The first-order valence-electron chi connectivity index (χ1n) is 6.86. The van der Waals surface area contributed by atoms with Gasteiger partial charge in [0.25, 0.3) is 0 Å². The van der Waals surface area contributed by atoms with Crippen LogP contribution in [-0.2, 0) is 10.2 Å². The molecule has 0 saturated heterocycles. The Hall–Kier alpha value is -1.77. The van der Waals surface area contributed by atoms with Gasteiger partial charge in [-0.05, 0) is 25.8 Å². The van der Waals surface area contributed by atoms with Crippen LogP contribution in [0.4, 0.5) is 0 Å². The van der Waals surface area contributed by atoms with Gasteiger partial charge in [-0.1, -0.05) is 37.5 Å². The van der Waals surface area contributed by atoms with E-state index in [1.807, 2.05) is 31.2 Å². The summed E-state index contributed by atoms with van der Waals surface area (Å²) in [6.07, 6.45) is 4.50. The lowest BCUT2D eigenvalue weighted by molar-refractivity contribution is -0.145. The predicted octanol–water partition coefficient (Wildman–Crippen LogP) is 4.03. The van der Waals surface area contributed by atoms with E-state index in [1.54, 1.807) is 0 Å². The molecule has 0 aliphatic heterocycles. The summed E-state index contributed by atoms with van der Waals surface area (Å²) in [5.41, 5.74) is 0.844. The van der Waals surface area contributed by atoms with Gasteiger partial charge in [0.1, 0.15) is 11.3 Å². The van der Waals surface area contributed by atoms with Crippen LogP contribution < -0.4 is 0 Å². The first-order valence-corrected chi connectivity index (χ1v) is 6.86.